The molecule has 1 saturated heterocycles. The molecule has 3 nitrogen and oxygen atoms in total. The molecule has 0 aromatic heterocycles. The second-order valence-corrected chi connectivity index (χ2v) is 5.07. The first-order chi connectivity index (χ1) is 8.72. The van der Waals surface area contributed by atoms with Crippen LogP contribution in [0.3, 0.4) is 0 Å². The van der Waals surface area contributed by atoms with Crippen molar-refractivity contribution in [1.82, 2.24) is 5.32 Å². The molecule has 0 unspecified atom stereocenters. The number of carbonyl (C=O) groups is 1. The lowest BCUT2D eigenvalue weighted by Gasteiger charge is -2.39. The first-order valence-electron chi connectivity index (χ1n) is 6.38. The number of hydrogen-bond donors (Lipinski definition) is 1. The van der Waals surface area contributed by atoms with Crippen molar-refractivity contribution < 1.29 is 13.9 Å². The smallest absolute Gasteiger partial charge is 0.224 e. The average Bonchev–Trinajstić information content (AvgIpc) is 2.71. The van der Waals surface area contributed by atoms with E-state index in [1.165, 1.54) is 12.1 Å². The van der Waals surface area contributed by atoms with Crippen LogP contribution < -0.4 is 5.32 Å². The van der Waals surface area contributed by atoms with Crippen LogP contribution in [0.5, 0.6) is 0 Å². The largest absolute Gasteiger partial charge is 0.378 e. The Balaban J connectivity index is 1.51. The SMILES string of the molecule is O=C(Cc1ccc(F)cc1)N[C@@H]1C[C@@H]2OCC[C@@H]21. The normalized spacial score (nSPS) is 29.5. The molecule has 1 aromatic rings. The Morgan fingerprint density at radius 2 is 2.17 bits per heavy atom. The number of carbonyl (C=O) groups excluding carboxylic acids is 1. The van der Waals surface area contributed by atoms with E-state index in [9.17, 15) is 9.18 Å². The predicted molar refractivity (Wildman–Crippen MR) is 64.5 cm³/mol. The Hall–Kier alpha value is -1.42. The van der Waals surface area contributed by atoms with Crippen molar-refractivity contribution in [2.75, 3.05) is 6.61 Å². The maximum atomic E-state index is 12.7. The van der Waals surface area contributed by atoms with E-state index in [4.69, 9.17) is 4.74 Å². The molecule has 1 aliphatic heterocycles. The van der Waals surface area contributed by atoms with Crippen molar-refractivity contribution in [3.63, 3.8) is 0 Å². The van der Waals surface area contributed by atoms with E-state index in [-0.39, 0.29) is 17.8 Å². The summed E-state index contributed by atoms with van der Waals surface area (Å²) in [6.07, 6.45) is 2.65. The van der Waals surface area contributed by atoms with Gasteiger partial charge in [-0.25, -0.2) is 4.39 Å². The Morgan fingerprint density at radius 3 is 2.89 bits per heavy atom. The second kappa shape index (κ2) is 4.69. The van der Waals surface area contributed by atoms with Gasteiger partial charge in [-0.1, -0.05) is 12.1 Å². The molecular formula is C14H16FNO2. The predicted octanol–water partition coefficient (Wildman–Crippen LogP) is 1.66. The topological polar surface area (TPSA) is 38.3 Å². The maximum Gasteiger partial charge on any atom is 0.224 e. The highest BCUT2D eigenvalue weighted by atomic mass is 19.1. The number of hydrogen-bond acceptors (Lipinski definition) is 2. The summed E-state index contributed by atoms with van der Waals surface area (Å²) >= 11 is 0. The van der Waals surface area contributed by atoms with Crippen LogP contribution in [0.1, 0.15) is 18.4 Å². The zero-order valence-electron chi connectivity index (χ0n) is 10.1. The zero-order valence-corrected chi connectivity index (χ0v) is 10.1. The molecule has 0 radical (unpaired) electrons. The number of halogens is 1. The van der Waals surface area contributed by atoms with Gasteiger partial charge in [-0.05, 0) is 30.5 Å². The molecule has 0 spiro atoms. The van der Waals surface area contributed by atoms with Crippen LogP contribution in [-0.4, -0.2) is 24.7 Å². The standard InChI is InChI=1S/C14H16FNO2/c15-10-3-1-9(2-4-10)7-14(17)16-12-8-13-11(12)5-6-18-13/h1-4,11-13H,5-8H2,(H,16,17)/t11-,12-,13+/m1/s1. The third kappa shape index (κ3) is 2.25. The van der Waals surface area contributed by atoms with E-state index in [0.717, 1.165) is 25.0 Å². The Kier molecular flexibility index (Phi) is 3.04. The third-order valence-electron chi connectivity index (χ3n) is 3.89. The molecule has 1 saturated carbocycles. The molecule has 18 heavy (non-hydrogen) atoms. The van der Waals surface area contributed by atoms with Crippen LogP contribution >= 0.6 is 0 Å². The maximum absolute atomic E-state index is 12.7. The Labute approximate surface area is 105 Å². The lowest BCUT2D eigenvalue weighted by molar-refractivity contribution is -0.123. The second-order valence-electron chi connectivity index (χ2n) is 5.07. The molecule has 1 heterocycles. The van der Waals surface area contributed by atoms with Crippen LogP contribution in [-0.2, 0) is 16.0 Å². The van der Waals surface area contributed by atoms with Crippen molar-refractivity contribution in [3.05, 3.63) is 35.6 Å². The van der Waals surface area contributed by atoms with Gasteiger partial charge in [-0.2, -0.15) is 0 Å². The van der Waals surface area contributed by atoms with Crippen molar-refractivity contribution in [2.45, 2.75) is 31.4 Å². The number of rotatable bonds is 3. The van der Waals surface area contributed by atoms with Gasteiger partial charge in [-0.3, -0.25) is 4.79 Å². The van der Waals surface area contributed by atoms with E-state index >= 15 is 0 Å². The van der Waals surface area contributed by atoms with Crippen LogP contribution in [0.15, 0.2) is 24.3 Å². The molecule has 1 aromatic carbocycles. The average molecular weight is 249 g/mol. The lowest BCUT2D eigenvalue weighted by Crippen LogP contribution is -2.53. The van der Waals surface area contributed by atoms with Gasteiger partial charge < -0.3 is 10.1 Å². The molecule has 2 fully saturated rings. The number of benzene rings is 1. The molecule has 3 atom stereocenters. The van der Waals surface area contributed by atoms with Crippen LogP contribution in [0.4, 0.5) is 4.39 Å². The van der Waals surface area contributed by atoms with Gasteiger partial charge in [0.1, 0.15) is 5.82 Å². The van der Waals surface area contributed by atoms with E-state index in [1.807, 2.05) is 0 Å². The molecule has 1 N–H and O–H groups in total. The van der Waals surface area contributed by atoms with Crippen molar-refractivity contribution >= 4 is 5.91 Å². The first kappa shape index (κ1) is 11.7. The highest BCUT2D eigenvalue weighted by Gasteiger charge is 2.45. The van der Waals surface area contributed by atoms with Crippen LogP contribution in [0.2, 0.25) is 0 Å². The summed E-state index contributed by atoms with van der Waals surface area (Å²) in [5, 5.41) is 3.04. The molecule has 1 amide bonds. The minimum Gasteiger partial charge on any atom is -0.378 e. The first-order valence-corrected chi connectivity index (χ1v) is 6.38. The van der Waals surface area contributed by atoms with E-state index in [1.54, 1.807) is 12.1 Å². The minimum atomic E-state index is -0.274. The van der Waals surface area contributed by atoms with Crippen molar-refractivity contribution in [3.8, 4) is 0 Å². The lowest BCUT2D eigenvalue weighted by atomic mass is 9.76. The summed E-state index contributed by atoms with van der Waals surface area (Å²) < 4.78 is 18.2. The summed E-state index contributed by atoms with van der Waals surface area (Å²) in [4.78, 5) is 11.8. The third-order valence-corrected chi connectivity index (χ3v) is 3.89. The van der Waals surface area contributed by atoms with Gasteiger partial charge in [0.15, 0.2) is 0 Å². The van der Waals surface area contributed by atoms with E-state index in [2.05, 4.69) is 5.32 Å². The molecule has 2 aliphatic rings. The minimum absolute atomic E-state index is 0.0111. The van der Waals surface area contributed by atoms with Crippen LogP contribution in [0, 0.1) is 11.7 Å². The van der Waals surface area contributed by atoms with Gasteiger partial charge >= 0.3 is 0 Å². The fourth-order valence-corrected chi connectivity index (χ4v) is 2.81. The molecule has 3 rings (SSSR count). The summed E-state index contributed by atoms with van der Waals surface area (Å²) in [6, 6.07) is 6.33. The van der Waals surface area contributed by atoms with E-state index < -0.39 is 0 Å². The Bertz CT molecular complexity index is 446. The molecular weight excluding hydrogens is 233 g/mol. The van der Waals surface area contributed by atoms with E-state index in [0.29, 0.717) is 18.4 Å². The van der Waals surface area contributed by atoms with Crippen molar-refractivity contribution in [2.24, 2.45) is 5.92 Å². The summed E-state index contributed by atoms with van der Waals surface area (Å²) in [6.45, 7) is 0.819. The fraction of sp³-hybridized carbons (Fsp3) is 0.500. The quantitative estimate of drug-likeness (QED) is 0.884. The number of nitrogens with one attached hydrogen (secondary N) is 1. The van der Waals surface area contributed by atoms with Crippen molar-refractivity contribution in [1.29, 1.82) is 0 Å². The summed E-state index contributed by atoms with van der Waals surface area (Å²) in [5.74, 6) is 0.239. The molecule has 1 aliphatic carbocycles. The van der Waals surface area contributed by atoms with Gasteiger partial charge in [0.2, 0.25) is 5.91 Å². The van der Waals surface area contributed by atoms with Gasteiger partial charge in [0.05, 0.1) is 12.5 Å². The highest BCUT2D eigenvalue weighted by Crippen LogP contribution is 2.38. The number of amides is 1. The van der Waals surface area contributed by atoms with Crippen LogP contribution in [0.25, 0.3) is 0 Å². The molecule has 0 bridgehead atoms. The number of fused-ring (bicyclic) bond motifs is 1. The Morgan fingerprint density at radius 1 is 1.39 bits per heavy atom. The van der Waals surface area contributed by atoms with Gasteiger partial charge in [0.25, 0.3) is 0 Å². The zero-order chi connectivity index (χ0) is 12.5. The van der Waals surface area contributed by atoms with Gasteiger partial charge in [-0.15, -0.1) is 0 Å². The summed E-state index contributed by atoms with van der Waals surface area (Å²) in [7, 11) is 0. The fourth-order valence-electron chi connectivity index (χ4n) is 2.81. The van der Waals surface area contributed by atoms with Gasteiger partial charge in [0, 0.05) is 18.6 Å². The molecule has 96 valence electrons. The monoisotopic (exact) mass is 249 g/mol. The molecule has 4 heteroatoms. The number of ether oxygens (including phenoxy) is 1. The summed E-state index contributed by atoms with van der Waals surface area (Å²) in [5.41, 5.74) is 0.840. The highest BCUT2D eigenvalue weighted by molar-refractivity contribution is 5.79.